The molecule has 0 aromatic carbocycles. The van der Waals surface area contributed by atoms with E-state index in [0.717, 1.165) is 83.5 Å². The third-order valence-corrected chi connectivity index (χ3v) is 24.6. The van der Waals surface area contributed by atoms with E-state index in [9.17, 15) is 37.2 Å². The summed E-state index contributed by atoms with van der Waals surface area (Å²) in [6.45, 7) is 15.5. The van der Waals surface area contributed by atoms with E-state index in [-0.39, 0.29) is 55.1 Å². The van der Waals surface area contributed by atoms with Gasteiger partial charge < -0.3 is 25.5 Å². The number of hydrogen-bond acceptors (Lipinski definition) is 8. The molecule has 0 aliphatic rings. The first-order chi connectivity index (χ1) is 58.8. The fourth-order valence-electron chi connectivity index (χ4n) is 15.7. The van der Waals surface area contributed by atoms with Crippen molar-refractivity contribution in [3.05, 3.63) is 0 Å². The normalized spacial score (nSPS) is 10.8. The Balaban J connectivity index is -0.000000140. The van der Waals surface area contributed by atoms with Gasteiger partial charge in [0, 0.05) is 38.5 Å². The van der Waals surface area contributed by atoms with Crippen LogP contribution >= 0.6 is 0 Å². The third kappa shape index (κ3) is 161. The van der Waals surface area contributed by atoms with Crippen LogP contribution in [-0.4, -0.2) is 79.9 Å². The summed E-state index contributed by atoms with van der Waals surface area (Å²) < 4.78 is 29.6. The minimum absolute atomic E-state index is 0. The lowest BCUT2D eigenvalue weighted by atomic mass is 9.95. The van der Waals surface area contributed by atoms with Crippen molar-refractivity contribution >= 4 is 45.7 Å². The molecule has 0 aromatic rings. The van der Waals surface area contributed by atoms with Crippen LogP contribution in [0.5, 0.6) is 0 Å². The molecule has 0 saturated heterocycles. The zero-order chi connectivity index (χ0) is 90.6. The third-order valence-electron chi connectivity index (χ3n) is 23.8. The summed E-state index contributed by atoms with van der Waals surface area (Å²) >= 11 is 0. The van der Waals surface area contributed by atoms with Crippen molar-refractivity contribution in [3.63, 3.8) is 0 Å². The van der Waals surface area contributed by atoms with Crippen LogP contribution < -0.4 is 0 Å². The van der Waals surface area contributed by atoms with Crippen molar-refractivity contribution in [2.24, 2.45) is 5.92 Å². The highest BCUT2D eigenvalue weighted by Crippen LogP contribution is 2.22. The van der Waals surface area contributed by atoms with E-state index in [0.29, 0.717) is 44.9 Å². The molecule has 0 heterocycles. The highest BCUT2D eigenvalue weighted by Gasteiger charge is 2.20. The van der Waals surface area contributed by atoms with Gasteiger partial charge in [0.15, 0.2) is 0 Å². The number of carbonyl (C=O) groups is 6. The standard InChI is InChI=1S/C22H42O3.C20H40O2.C18H36O2.C16H34O3S.C16H32O2.C14H28O2.5CH4/c1-3-5-6-7-8-9-10-11-12-13-14-15-16-18-21(23)19-20(17-4-2)22(24)25;1-2-3-4-5-6-7-8-9-10-11-12-13-14-15-16-17-18-19-20(21)22;1-2-3-4-5-6-7-8-9-10-11-12-13-14-15-16-17-18(19)20;1-2-3-4-5-6-7-8-9-10-11-12-13-14-15-16-20(17,18)19;1-2-3-4-5-6-7-8-9-10-11-12-13-14-15-16(17)18;1-2-3-4-5-6-7-8-9-10-11-12-13-14(15)16;;;;;/h20H,3-19H2,1-2H3,(H,24,25);2-19H2,1H3,(H,21,22);2-17H2,1H3,(H,19,20);2-16H2,1H3,(H,17,18,19);2-15H2,1H3,(H,17,18);2-13H2,1H3,(H,15,16);5*1H4. The fraction of sp³-hybridized carbons (Fsp3) is 0.946. The summed E-state index contributed by atoms with van der Waals surface area (Å²) in [4.78, 5) is 64.2. The average molecular weight is 1820 g/mol. The van der Waals surface area contributed by atoms with Gasteiger partial charge in [0.25, 0.3) is 10.1 Å². The van der Waals surface area contributed by atoms with Crippen molar-refractivity contribution < 1.29 is 67.3 Å². The quantitative estimate of drug-likeness (QED) is 0.0245. The Kier molecular flexibility index (Phi) is 154. The summed E-state index contributed by atoms with van der Waals surface area (Å²) in [5.41, 5.74) is 0. The minimum atomic E-state index is -3.74. The van der Waals surface area contributed by atoms with Crippen molar-refractivity contribution in [2.75, 3.05) is 5.75 Å². The number of unbranched alkanes of at least 4 members (excludes halogenated alkanes) is 77. The molecular formula is C111H232O14S. The van der Waals surface area contributed by atoms with E-state index in [1.54, 1.807) is 0 Å². The van der Waals surface area contributed by atoms with Gasteiger partial charge in [-0.15, -0.1) is 0 Å². The van der Waals surface area contributed by atoms with Crippen molar-refractivity contribution in [1.29, 1.82) is 0 Å². The van der Waals surface area contributed by atoms with Gasteiger partial charge in [-0.3, -0.25) is 33.3 Å². The highest BCUT2D eigenvalue weighted by molar-refractivity contribution is 7.85. The van der Waals surface area contributed by atoms with Gasteiger partial charge in [0.05, 0.1) is 11.7 Å². The number of aliphatic carboxylic acids is 5. The Hall–Kier alpha value is -3.07. The second-order valence-corrected chi connectivity index (χ2v) is 38.0. The Morgan fingerprint density at radius 1 is 0.190 bits per heavy atom. The Morgan fingerprint density at radius 3 is 0.437 bits per heavy atom. The van der Waals surface area contributed by atoms with Crippen molar-refractivity contribution in [2.45, 2.75) is 670 Å². The number of carboxylic acid groups (broad SMARTS) is 5. The van der Waals surface area contributed by atoms with Gasteiger partial charge in [-0.2, -0.15) is 8.42 Å². The average Bonchev–Trinajstić information content (AvgIpc) is 0.949. The molecule has 0 aliphatic heterocycles. The maximum Gasteiger partial charge on any atom is 0.306 e. The lowest BCUT2D eigenvalue weighted by Crippen LogP contribution is -2.17. The first-order valence-electron chi connectivity index (χ1n) is 53.3. The molecule has 126 heavy (non-hydrogen) atoms. The van der Waals surface area contributed by atoms with Gasteiger partial charge >= 0.3 is 29.8 Å². The van der Waals surface area contributed by atoms with E-state index in [1.807, 2.05) is 6.92 Å². The SMILES string of the molecule is C.C.C.C.C.CCCCCCCCCCCCCC(=O)O.CCCCCCCCCCCCCCCC(=O)CC(CCC)C(=O)O.CCCCCCCCCCCCCCCC(=O)O.CCCCCCCCCCCCCCCCCC(=O)O.CCCCCCCCCCCCCCCCCCCC(=O)O.CCCCCCCCCCCCCCCCS(=O)(=O)O. The molecule has 0 aliphatic carbocycles. The predicted molar refractivity (Wildman–Crippen MR) is 557 cm³/mol. The number of Topliss-reactive ketones (excluding diaryl/α,β-unsaturated/α-hetero) is 1. The molecule has 0 fully saturated rings. The molecule has 0 saturated carbocycles. The number of carboxylic acids is 5. The van der Waals surface area contributed by atoms with Crippen LogP contribution in [0.4, 0.5) is 0 Å². The summed E-state index contributed by atoms with van der Waals surface area (Å²) in [7, 11) is -3.74. The Bertz CT molecular complexity index is 2120. The predicted octanol–water partition coefficient (Wildman–Crippen LogP) is 39.2. The van der Waals surface area contributed by atoms with Crippen molar-refractivity contribution in [1.82, 2.24) is 0 Å². The molecule has 0 bridgehead atoms. The summed E-state index contributed by atoms with van der Waals surface area (Å²) in [5.74, 6) is -3.86. The largest absolute Gasteiger partial charge is 0.481 e. The second-order valence-electron chi connectivity index (χ2n) is 36.4. The Labute approximate surface area is 790 Å². The fourth-order valence-corrected chi connectivity index (χ4v) is 16.3. The molecule has 1 atom stereocenters. The number of rotatable bonds is 94. The zero-order valence-electron chi connectivity index (χ0n) is 82.0. The molecule has 0 rings (SSSR count). The molecule has 766 valence electrons. The number of ketones is 1. The lowest BCUT2D eigenvalue weighted by molar-refractivity contribution is -0.144. The maximum absolute atomic E-state index is 11.9. The monoisotopic (exact) mass is 1820 g/mol. The molecule has 0 aromatic heterocycles. The van der Waals surface area contributed by atoms with Crippen LogP contribution in [0.3, 0.4) is 0 Å². The van der Waals surface area contributed by atoms with Crippen LogP contribution in [0.25, 0.3) is 0 Å². The smallest absolute Gasteiger partial charge is 0.306 e. The van der Waals surface area contributed by atoms with E-state index < -0.39 is 45.9 Å². The molecule has 1 unspecified atom stereocenters. The molecule has 0 amide bonds. The first kappa shape index (κ1) is 146. The van der Waals surface area contributed by atoms with E-state index in [1.165, 1.54) is 449 Å². The van der Waals surface area contributed by atoms with Crippen LogP contribution in [-0.2, 0) is 38.9 Å². The summed E-state index contributed by atoms with van der Waals surface area (Å²) in [6.07, 6.45) is 111. The molecule has 15 heteroatoms. The van der Waals surface area contributed by atoms with Crippen LogP contribution in [0.1, 0.15) is 670 Å². The number of hydrogen-bond donors (Lipinski definition) is 6. The minimum Gasteiger partial charge on any atom is -0.481 e. The van der Waals surface area contributed by atoms with Gasteiger partial charge in [0.1, 0.15) is 5.78 Å². The summed E-state index contributed by atoms with van der Waals surface area (Å²) in [5, 5.41) is 43.1. The summed E-state index contributed by atoms with van der Waals surface area (Å²) in [6, 6.07) is 0. The van der Waals surface area contributed by atoms with Crippen molar-refractivity contribution in [3.8, 4) is 0 Å². The maximum atomic E-state index is 11.9. The molecule has 14 nitrogen and oxygen atoms in total. The highest BCUT2D eigenvalue weighted by atomic mass is 32.2. The van der Waals surface area contributed by atoms with Gasteiger partial charge in [-0.1, -0.05) is 586 Å². The topological polar surface area (TPSA) is 258 Å². The van der Waals surface area contributed by atoms with Gasteiger partial charge in [0.2, 0.25) is 0 Å². The zero-order valence-corrected chi connectivity index (χ0v) is 82.8. The van der Waals surface area contributed by atoms with E-state index in [4.69, 9.17) is 30.1 Å². The van der Waals surface area contributed by atoms with Crippen LogP contribution in [0, 0.1) is 5.92 Å². The van der Waals surface area contributed by atoms with E-state index >= 15 is 0 Å². The number of carbonyl (C=O) groups excluding carboxylic acids is 1. The molecule has 0 radical (unpaired) electrons. The second kappa shape index (κ2) is 133. The van der Waals surface area contributed by atoms with Crippen LogP contribution in [0.15, 0.2) is 0 Å². The molecule has 6 N–H and O–H groups in total. The lowest BCUT2D eigenvalue weighted by Gasteiger charge is -2.09. The molecule has 0 spiro atoms. The van der Waals surface area contributed by atoms with E-state index in [2.05, 4.69) is 41.5 Å². The Morgan fingerprint density at radius 2 is 0.317 bits per heavy atom. The van der Waals surface area contributed by atoms with Crippen LogP contribution in [0.2, 0.25) is 0 Å². The van der Waals surface area contributed by atoms with Gasteiger partial charge in [-0.25, -0.2) is 0 Å². The van der Waals surface area contributed by atoms with Gasteiger partial charge in [-0.05, 0) is 44.9 Å². The molecular weight excluding hydrogens is 1590 g/mol. The first-order valence-corrected chi connectivity index (χ1v) is 54.9.